The van der Waals surface area contributed by atoms with E-state index in [-0.39, 0.29) is 11.6 Å². The van der Waals surface area contributed by atoms with Gasteiger partial charge in [0.25, 0.3) is 11.6 Å². The van der Waals surface area contributed by atoms with E-state index in [4.69, 9.17) is 5.84 Å². The molecule has 6 nitrogen and oxygen atoms in total. The van der Waals surface area contributed by atoms with Crippen molar-refractivity contribution in [3.8, 4) is 0 Å². The van der Waals surface area contributed by atoms with Crippen molar-refractivity contribution in [1.29, 1.82) is 0 Å². The lowest BCUT2D eigenvalue weighted by Crippen LogP contribution is -2.40. The van der Waals surface area contributed by atoms with Gasteiger partial charge in [-0.3, -0.25) is 14.9 Å². The number of fused-ring (bicyclic) bond motifs is 1. The minimum absolute atomic E-state index is 0.0325. The second kappa shape index (κ2) is 3.02. The summed E-state index contributed by atoms with van der Waals surface area (Å²) in [7, 11) is 0. The van der Waals surface area contributed by atoms with Crippen molar-refractivity contribution in [1.82, 2.24) is 0 Å². The number of rotatable bonds is 1. The van der Waals surface area contributed by atoms with Gasteiger partial charge in [0.05, 0.1) is 16.0 Å². The zero-order chi connectivity index (χ0) is 12.1. The molecule has 0 fully saturated rings. The van der Waals surface area contributed by atoms with Crippen molar-refractivity contribution in [3.63, 3.8) is 0 Å². The molecule has 16 heavy (non-hydrogen) atoms. The maximum absolute atomic E-state index is 11.8. The lowest BCUT2D eigenvalue weighted by Gasteiger charge is -2.15. The lowest BCUT2D eigenvalue weighted by atomic mass is 9.86. The van der Waals surface area contributed by atoms with E-state index in [1.54, 1.807) is 13.8 Å². The van der Waals surface area contributed by atoms with Crippen LogP contribution in [0.3, 0.4) is 0 Å². The number of nitro benzene ring substituents is 1. The molecule has 0 bridgehead atoms. The molecule has 1 amide bonds. The Hall–Kier alpha value is -1.95. The van der Waals surface area contributed by atoms with Crippen molar-refractivity contribution < 1.29 is 9.72 Å². The predicted molar refractivity (Wildman–Crippen MR) is 57.8 cm³/mol. The summed E-state index contributed by atoms with van der Waals surface area (Å²) in [6.45, 7) is 3.40. The van der Waals surface area contributed by atoms with Crippen LogP contribution in [0.4, 0.5) is 11.4 Å². The highest BCUT2D eigenvalue weighted by Gasteiger charge is 2.43. The van der Waals surface area contributed by atoms with E-state index in [0.717, 1.165) is 5.01 Å². The molecule has 0 saturated carbocycles. The van der Waals surface area contributed by atoms with Crippen LogP contribution in [-0.2, 0) is 10.2 Å². The van der Waals surface area contributed by atoms with Crippen molar-refractivity contribution in [2.24, 2.45) is 5.84 Å². The number of anilines is 1. The first-order chi connectivity index (χ1) is 7.35. The highest BCUT2D eigenvalue weighted by molar-refractivity contribution is 6.06. The number of hydrazine groups is 1. The highest BCUT2D eigenvalue weighted by atomic mass is 16.6. The van der Waals surface area contributed by atoms with Crippen LogP contribution < -0.4 is 10.9 Å². The van der Waals surface area contributed by atoms with Gasteiger partial charge in [0.15, 0.2) is 0 Å². The Morgan fingerprint density at radius 1 is 1.44 bits per heavy atom. The number of carbonyl (C=O) groups is 1. The molecule has 0 aliphatic carbocycles. The molecule has 1 aromatic rings. The third kappa shape index (κ3) is 1.20. The summed E-state index contributed by atoms with van der Waals surface area (Å²) >= 11 is 0. The van der Waals surface area contributed by atoms with Crippen molar-refractivity contribution >= 4 is 17.3 Å². The quantitative estimate of drug-likeness (QED) is 0.332. The monoisotopic (exact) mass is 221 g/mol. The number of amides is 1. The molecule has 2 N–H and O–H groups in total. The summed E-state index contributed by atoms with van der Waals surface area (Å²) in [6, 6.07) is 4.24. The normalized spacial score (nSPS) is 17.4. The molecule has 1 aliphatic rings. The van der Waals surface area contributed by atoms with Crippen molar-refractivity contribution in [2.75, 3.05) is 5.01 Å². The second-order valence-corrected chi connectivity index (χ2v) is 4.26. The number of non-ortho nitro benzene ring substituents is 1. The van der Waals surface area contributed by atoms with Crippen LogP contribution in [0.5, 0.6) is 0 Å². The Balaban J connectivity index is 2.65. The van der Waals surface area contributed by atoms with Gasteiger partial charge in [-0.2, -0.15) is 0 Å². The van der Waals surface area contributed by atoms with E-state index in [1.807, 2.05) is 0 Å². The molecule has 2 rings (SSSR count). The van der Waals surface area contributed by atoms with Gasteiger partial charge in [0.1, 0.15) is 0 Å². The van der Waals surface area contributed by atoms with E-state index < -0.39 is 10.3 Å². The van der Waals surface area contributed by atoms with E-state index in [0.29, 0.717) is 11.3 Å². The zero-order valence-corrected chi connectivity index (χ0v) is 8.93. The number of nitrogens with two attached hydrogens (primary N) is 1. The molecule has 6 heteroatoms. The molecule has 1 aromatic carbocycles. The van der Waals surface area contributed by atoms with Crippen LogP contribution in [0.15, 0.2) is 18.2 Å². The van der Waals surface area contributed by atoms with Gasteiger partial charge in [-0.05, 0) is 25.5 Å². The first-order valence-corrected chi connectivity index (χ1v) is 4.74. The number of carbonyl (C=O) groups excluding carboxylic acids is 1. The predicted octanol–water partition coefficient (Wildman–Crippen LogP) is 1.09. The number of hydrogen-bond acceptors (Lipinski definition) is 4. The maximum Gasteiger partial charge on any atom is 0.269 e. The third-order valence-electron chi connectivity index (χ3n) is 2.88. The molecule has 0 unspecified atom stereocenters. The average molecular weight is 221 g/mol. The van der Waals surface area contributed by atoms with Gasteiger partial charge in [-0.1, -0.05) is 0 Å². The first-order valence-electron chi connectivity index (χ1n) is 4.74. The van der Waals surface area contributed by atoms with Gasteiger partial charge in [0.2, 0.25) is 0 Å². The highest BCUT2D eigenvalue weighted by Crippen LogP contribution is 2.41. The molecule has 1 heterocycles. The summed E-state index contributed by atoms with van der Waals surface area (Å²) in [6.07, 6.45) is 0. The smallest absolute Gasteiger partial charge is 0.269 e. The number of nitrogens with zero attached hydrogens (tertiary/aromatic N) is 2. The van der Waals surface area contributed by atoms with Crippen LogP contribution in [-0.4, -0.2) is 10.8 Å². The van der Waals surface area contributed by atoms with Gasteiger partial charge >= 0.3 is 0 Å². The largest absolute Gasteiger partial charge is 0.272 e. The topological polar surface area (TPSA) is 89.5 Å². The first kappa shape index (κ1) is 10.6. The molecular formula is C10H11N3O3. The Labute approximate surface area is 91.8 Å². The minimum Gasteiger partial charge on any atom is -0.272 e. The Kier molecular flexibility index (Phi) is 1.99. The number of nitro groups is 1. The fourth-order valence-electron chi connectivity index (χ4n) is 1.87. The van der Waals surface area contributed by atoms with E-state index in [2.05, 4.69) is 0 Å². The van der Waals surface area contributed by atoms with Gasteiger partial charge in [0, 0.05) is 12.1 Å². The summed E-state index contributed by atoms with van der Waals surface area (Å²) in [5.41, 5.74) is 0.278. The van der Waals surface area contributed by atoms with Gasteiger partial charge in [-0.25, -0.2) is 10.9 Å². The van der Waals surface area contributed by atoms with Crippen molar-refractivity contribution in [3.05, 3.63) is 33.9 Å². The minimum atomic E-state index is -0.809. The number of benzene rings is 1. The van der Waals surface area contributed by atoms with Crippen LogP contribution in [0, 0.1) is 10.1 Å². The Morgan fingerprint density at radius 3 is 2.62 bits per heavy atom. The van der Waals surface area contributed by atoms with Crippen LogP contribution >= 0.6 is 0 Å². The average Bonchev–Trinajstić information content (AvgIpc) is 2.40. The SMILES string of the molecule is CC1(C)C(=O)N(N)c2ccc([N+](=O)[O-])cc21. The Morgan fingerprint density at radius 2 is 2.06 bits per heavy atom. The zero-order valence-electron chi connectivity index (χ0n) is 8.93. The van der Waals surface area contributed by atoms with Crippen LogP contribution in [0.1, 0.15) is 19.4 Å². The second-order valence-electron chi connectivity index (χ2n) is 4.26. The lowest BCUT2D eigenvalue weighted by molar-refractivity contribution is -0.384. The fraction of sp³-hybridized carbons (Fsp3) is 0.300. The summed E-state index contributed by atoms with van der Waals surface area (Å²) < 4.78 is 0. The van der Waals surface area contributed by atoms with Gasteiger partial charge < -0.3 is 0 Å². The molecule has 0 atom stereocenters. The van der Waals surface area contributed by atoms with E-state index >= 15 is 0 Å². The maximum atomic E-state index is 11.8. The number of hydrogen-bond donors (Lipinski definition) is 1. The summed E-state index contributed by atoms with van der Waals surface area (Å²) in [4.78, 5) is 22.0. The molecule has 84 valence electrons. The molecule has 0 spiro atoms. The Bertz CT molecular complexity index is 496. The molecule has 1 aliphatic heterocycles. The van der Waals surface area contributed by atoms with Crippen LogP contribution in [0.2, 0.25) is 0 Å². The summed E-state index contributed by atoms with van der Waals surface area (Å²) in [5.74, 6) is 5.34. The molecular weight excluding hydrogens is 210 g/mol. The standard InChI is InChI=1S/C10H11N3O3/c1-10(2)7-5-6(13(15)16)3-4-8(7)12(11)9(10)14/h3-5H,11H2,1-2H3. The van der Waals surface area contributed by atoms with Gasteiger partial charge in [-0.15, -0.1) is 0 Å². The molecule has 0 aromatic heterocycles. The van der Waals surface area contributed by atoms with E-state index in [1.165, 1.54) is 18.2 Å². The molecule has 0 saturated heterocycles. The molecule has 0 radical (unpaired) electrons. The summed E-state index contributed by atoms with van der Waals surface area (Å²) in [5, 5.41) is 11.7. The van der Waals surface area contributed by atoms with Crippen molar-refractivity contribution in [2.45, 2.75) is 19.3 Å². The third-order valence-corrected chi connectivity index (χ3v) is 2.88. The van der Waals surface area contributed by atoms with E-state index in [9.17, 15) is 14.9 Å². The van der Waals surface area contributed by atoms with Crippen LogP contribution in [0.25, 0.3) is 0 Å². The fourth-order valence-corrected chi connectivity index (χ4v) is 1.87.